The number of hydrogen-bond donors (Lipinski definition) is 1. The van der Waals surface area contributed by atoms with Gasteiger partial charge in [-0.15, -0.1) is 0 Å². The van der Waals surface area contributed by atoms with Crippen LogP contribution >= 0.6 is 0 Å². The molecular formula is C15H23NO3. The van der Waals surface area contributed by atoms with Gasteiger partial charge in [-0.1, -0.05) is 12.1 Å². The number of hydrogen-bond acceptors (Lipinski definition) is 3. The first-order chi connectivity index (χ1) is 8.99. The maximum absolute atomic E-state index is 10.7. The van der Waals surface area contributed by atoms with Crippen molar-refractivity contribution in [3.8, 4) is 0 Å². The number of ether oxygens (including phenoxy) is 1. The highest BCUT2D eigenvalue weighted by Crippen LogP contribution is 2.07. The van der Waals surface area contributed by atoms with Crippen molar-refractivity contribution in [1.29, 1.82) is 0 Å². The summed E-state index contributed by atoms with van der Waals surface area (Å²) in [4.78, 5) is 12.9. The molecule has 0 aliphatic rings. The molecule has 0 aliphatic heterocycles. The van der Waals surface area contributed by atoms with Gasteiger partial charge in [-0.2, -0.15) is 0 Å². The fourth-order valence-electron chi connectivity index (χ4n) is 1.80. The van der Waals surface area contributed by atoms with Gasteiger partial charge in [-0.25, -0.2) is 4.79 Å². The Morgan fingerprint density at radius 3 is 2.47 bits per heavy atom. The summed E-state index contributed by atoms with van der Waals surface area (Å²) < 4.78 is 5.49. The van der Waals surface area contributed by atoms with Crippen LogP contribution in [-0.4, -0.2) is 42.3 Å². The lowest BCUT2D eigenvalue weighted by molar-refractivity contribution is 0.0695. The summed E-state index contributed by atoms with van der Waals surface area (Å²) in [5, 5.41) is 8.82. The molecule has 19 heavy (non-hydrogen) atoms. The van der Waals surface area contributed by atoms with E-state index in [1.165, 1.54) is 0 Å². The topological polar surface area (TPSA) is 49.8 Å². The third-order valence-electron chi connectivity index (χ3n) is 2.79. The molecule has 0 unspecified atom stereocenters. The Bertz CT molecular complexity index is 387. The molecule has 1 rings (SSSR count). The molecule has 0 aliphatic carbocycles. The van der Waals surface area contributed by atoms with Crippen LogP contribution in [0.2, 0.25) is 0 Å². The van der Waals surface area contributed by atoms with Gasteiger partial charge in [0.2, 0.25) is 0 Å². The molecule has 1 aromatic carbocycles. The zero-order chi connectivity index (χ0) is 14.3. The molecule has 4 heteroatoms. The van der Waals surface area contributed by atoms with Gasteiger partial charge in [0.25, 0.3) is 0 Å². The number of aromatic carboxylic acids is 1. The van der Waals surface area contributed by atoms with E-state index in [4.69, 9.17) is 9.84 Å². The van der Waals surface area contributed by atoms with Crippen molar-refractivity contribution in [3.63, 3.8) is 0 Å². The molecule has 0 amide bonds. The van der Waals surface area contributed by atoms with Gasteiger partial charge in [-0.3, -0.25) is 0 Å². The van der Waals surface area contributed by atoms with E-state index in [2.05, 4.69) is 11.9 Å². The molecule has 1 N–H and O–H groups in total. The lowest BCUT2D eigenvalue weighted by atomic mass is 10.1. The van der Waals surface area contributed by atoms with Crippen LogP contribution in [-0.2, 0) is 11.3 Å². The molecule has 0 atom stereocenters. The van der Waals surface area contributed by atoms with Gasteiger partial charge >= 0.3 is 5.97 Å². The number of rotatable bonds is 8. The van der Waals surface area contributed by atoms with Crippen molar-refractivity contribution in [2.45, 2.75) is 32.9 Å². The molecule has 0 saturated heterocycles. The molecule has 0 heterocycles. The van der Waals surface area contributed by atoms with Crippen molar-refractivity contribution in [2.24, 2.45) is 0 Å². The minimum absolute atomic E-state index is 0.286. The Morgan fingerprint density at radius 2 is 1.95 bits per heavy atom. The minimum atomic E-state index is -0.884. The first-order valence-corrected chi connectivity index (χ1v) is 6.61. The highest BCUT2D eigenvalue weighted by molar-refractivity contribution is 5.87. The van der Waals surface area contributed by atoms with Crippen LogP contribution in [0.15, 0.2) is 24.3 Å². The van der Waals surface area contributed by atoms with Crippen molar-refractivity contribution in [2.75, 3.05) is 20.2 Å². The Kier molecular flexibility index (Phi) is 6.53. The van der Waals surface area contributed by atoms with E-state index in [0.29, 0.717) is 5.56 Å². The van der Waals surface area contributed by atoms with Gasteiger partial charge in [0, 0.05) is 19.7 Å². The second kappa shape index (κ2) is 7.92. The molecule has 0 fully saturated rings. The fourth-order valence-corrected chi connectivity index (χ4v) is 1.80. The average molecular weight is 265 g/mol. The molecule has 0 aromatic heterocycles. The van der Waals surface area contributed by atoms with E-state index in [-0.39, 0.29) is 6.10 Å². The van der Waals surface area contributed by atoms with Gasteiger partial charge in [0.15, 0.2) is 0 Å². The highest BCUT2D eigenvalue weighted by Gasteiger charge is 2.04. The predicted octanol–water partition coefficient (Wildman–Crippen LogP) is 2.63. The van der Waals surface area contributed by atoms with Gasteiger partial charge < -0.3 is 14.7 Å². The van der Waals surface area contributed by atoms with Crippen LogP contribution in [0, 0.1) is 0 Å². The summed E-state index contributed by atoms with van der Waals surface area (Å²) in [6.07, 6.45) is 1.29. The standard InChI is InChI=1S/C15H23NO3/c1-12(2)19-10-4-9-16(3)11-13-5-7-14(8-6-13)15(17)18/h5-8,12H,4,9-11H2,1-3H3,(H,17,18). The van der Waals surface area contributed by atoms with Crippen molar-refractivity contribution >= 4 is 5.97 Å². The SMILES string of the molecule is CC(C)OCCCN(C)Cc1ccc(C(=O)O)cc1. The molecule has 0 spiro atoms. The van der Waals surface area contributed by atoms with E-state index in [1.807, 2.05) is 26.0 Å². The first-order valence-electron chi connectivity index (χ1n) is 6.61. The van der Waals surface area contributed by atoms with Crippen LogP contribution in [0.25, 0.3) is 0 Å². The Hall–Kier alpha value is -1.39. The largest absolute Gasteiger partial charge is 0.478 e. The van der Waals surface area contributed by atoms with Crippen molar-refractivity contribution in [1.82, 2.24) is 4.90 Å². The van der Waals surface area contributed by atoms with E-state index >= 15 is 0 Å². The summed E-state index contributed by atoms with van der Waals surface area (Å²) in [5.74, 6) is -0.884. The smallest absolute Gasteiger partial charge is 0.335 e. The highest BCUT2D eigenvalue weighted by atomic mass is 16.5. The summed E-state index contributed by atoms with van der Waals surface area (Å²) in [6.45, 7) is 6.64. The number of carboxylic acids is 1. The van der Waals surface area contributed by atoms with Gasteiger partial charge in [0.05, 0.1) is 11.7 Å². The Morgan fingerprint density at radius 1 is 1.32 bits per heavy atom. The van der Waals surface area contributed by atoms with Crippen molar-refractivity contribution in [3.05, 3.63) is 35.4 Å². The van der Waals surface area contributed by atoms with Crippen LogP contribution in [0.5, 0.6) is 0 Å². The molecule has 106 valence electrons. The summed E-state index contributed by atoms with van der Waals surface area (Å²) >= 11 is 0. The van der Waals surface area contributed by atoms with Crippen LogP contribution in [0.1, 0.15) is 36.2 Å². The van der Waals surface area contributed by atoms with Crippen LogP contribution in [0.3, 0.4) is 0 Å². The molecule has 0 bridgehead atoms. The lowest BCUT2D eigenvalue weighted by Crippen LogP contribution is -2.21. The average Bonchev–Trinajstić information content (AvgIpc) is 2.35. The molecule has 1 aromatic rings. The third-order valence-corrected chi connectivity index (χ3v) is 2.79. The second-order valence-electron chi connectivity index (χ2n) is 5.01. The van der Waals surface area contributed by atoms with E-state index in [1.54, 1.807) is 12.1 Å². The lowest BCUT2D eigenvalue weighted by Gasteiger charge is -2.17. The Labute approximate surface area is 115 Å². The molecule has 0 radical (unpaired) electrons. The number of benzene rings is 1. The normalized spacial score (nSPS) is 11.2. The maximum atomic E-state index is 10.7. The first kappa shape index (κ1) is 15.7. The van der Waals surface area contributed by atoms with E-state index < -0.39 is 5.97 Å². The second-order valence-corrected chi connectivity index (χ2v) is 5.01. The fraction of sp³-hybridized carbons (Fsp3) is 0.533. The number of nitrogens with zero attached hydrogens (tertiary/aromatic N) is 1. The van der Waals surface area contributed by atoms with Crippen LogP contribution < -0.4 is 0 Å². The van der Waals surface area contributed by atoms with E-state index in [0.717, 1.165) is 31.7 Å². The van der Waals surface area contributed by atoms with Gasteiger partial charge in [-0.05, 0) is 45.0 Å². The quantitative estimate of drug-likeness (QED) is 0.734. The zero-order valence-corrected chi connectivity index (χ0v) is 11.9. The predicted molar refractivity (Wildman–Crippen MR) is 75.4 cm³/mol. The number of carboxylic acid groups (broad SMARTS) is 1. The van der Waals surface area contributed by atoms with Crippen molar-refractivity contribution < 1.29 is 14.6 Å². The summed E-state index contributed by atoms with van der Waals surface area (Å²) in [7, 11) is 2.06. The summed E-state index contributed by atoms with van der Waals surface area (Å²) in [6, 6.07) is 7.02. The molecule has 0 saturated carbocycles. The van der Waals surface area contributed by atoms with Crippen LogP contribution in [0.4, 0.5) is 0 Å². The van der Waals surface area contributed by atoms with E-state index in [9.17, 15) is 4.79 Å². The zero-order valence-electron chi connectivity index (χ0n) is 11.9. The minimum Gasteiger partial charge on any atom is -0.478 e. The van der Waals surface area contributed by atoms with Gasteiger partial charge in [0.1, 0.15) is 0 Å². The maximum Gasteiger partial charge on any atom is 0.335 e. The monoisotopic (exact) mass is 265 g/mol. The Balaban J connectivity index is 2.31. The molecule has 4 nitrogen and oxygen atoms in total. The third kappa shape index (κ3) is 6.36. The molecular weight excluding hydrogens is 242 g/mol. The number of carbonyl (C=O) groups is 1. The summed E-state index contributed by atoms with van der Waals surface area (Å²) in [5.41, 5.74) is 1.45.